The number of hydrogen-bond donors (Lipinski definition) is 2. The van der Waals surface area contributed by atoms with Crippen molar-refractivity contribution in [3.8, 4) is 0 Å². The first-order chi connectivity index (χ1) is 8.56. The Kier molecular flexibility index (Phi) is 3.38. The van der Waals surface area contributed by atoms with E-state index < -0.39 is 5.97 Å². The number of carbonyl (C=O) groups excluding carboxylic acids is 1. The summed E-state index contributed by atoms with van der Waals surface area (Å²) in [7, 11) is 0. The van der Waals surface area contributed by atoms with Gasteiger partial charge < -0.3 is 10.4 Å². The monoisotopic (exact) mass is 262 g/mol. The molecule has 92 valence electrons. The second-order valence-electron chi connectivity index (χ2n) is 3.58. The van der Waals surface area contributed by atoms with Gasteiger partial charge in [0.1, 0.15) is 5.82 Å². The second-order valence-corrected chi connectivity index (χ2v) is 4.87. The van der Waals surface area contributed by atoms with Crippen LogP contribution >= 0.6 is 11.3 Å². The number of hydrogen-bond acceptors (Lipinski definition) is 4. The number of aromatic carboxylic acids is 1. The molecule has 2 aromatic rings. The summed E-state index contributed by atoms with van der Waals surface area (Å²) in [5.41, 5.74) is -0.102. The highest BCUT2D eigenvalue weighted by molar-refractivity contribution is 7.14. The molecule has 2 heterocycles. The van der Waals surface area contributed by atoms with Crippen LogP contribution in [0.3, 0.4) is 0 Å². The molecule has 0 radical (unpaired) electrons. The maximum absolute atomic E-state index is 11.8. The number of nitrogens with one attached hydrogen (secondary N) is 1. The number of anilines is 1. The minimum absolute atomic E-state index is 0.102. The number of thiophene rings is 1. The molecule has 2 rings (SSSR count). The van der Waals surface area contributed by atoms with Gasteiger partial charge in [-0.25, -0.2) is 9.78 Å². The van der Waals surface area contributed by atoms with Gasteiger partial charge in [-0.1, -0.05) is 6.07 Å². The van der Waals surface area contributed by atoms with Crippen LogP contribution in [0.5, 0.6) is 0 Å². The van der Waals surface area contributed by atoms with Crippen molar-refractivity contribution in [3.05, 3.63) is 45.8 Å². The molecule has 5 nitrogen and oxygen atoms in total. The summed E-state index contributed by atoms with van der Waals surface area (Å²) in [4.78, 5) is 28.0. The van der Waals surface area contributed by atoms with Gasteiger partial charge in [-0.15, -0.1) is 11.3 Å². The molecule has 0 spiro atoms. The Morgan fingerprint density at radius 1 is 1.28 bits per heavy atom. The maximum Gasteiger partial charge on any atom is 0.354 e. The molecular formula is C12H10N2O3S. The van der Waals surface area contributed by atoms with Gasteiger partial charge in [0.2, 0.25) is 0 Å². The minimum atomic E-state index is -1.13. The van der Waals surface area contributed by atoms with E-state index in [1.54, 1.807) is 12.1 Å². The first-order valence-electron chi connectivity index (χ1n) is 5.14. The first kappa shape index (κ1) is 12.3. The highest BCUT2D eigenvalue weighted by atomic mass is 32.1. The van der Waals surface area contributed by atoms with Crippen molar-refractivity contribution in [2.24, 2.45) is 0 Å². The van der Waals surface area contributed by atoms with Crippen LogP contribution in [0.1, 0.15) is 25.0 Å². The molecule has 1 amide bonds. The molecule has 0 aliphatic rings. The number of aromatic nitrogens is 1. The van der Waals surface area contributed by atoms with Crippen molar-refractivity contribution >= 4 is 29.0 Å². The summed E-state index contributed by atoms with van der Waals surface area (Å²) in [6, 6.07) is 8.01. The van der Waals surface area contributed by atoms with E-state index in [1.165, 1.54) is 23.5 Å². The number of pyridine rings is 1. The minimum Gasteiger partial charge on any atom is -0.477 e. The lowest BCUT2D eigenvalue weighted by molar-refractivity contribution is 0.0690. The number of rotatable bonds is 3. The van der Waals surface area contributed by atoms with Crippen LogP contribution in [0.15, 0.2) is 30.3 Å². The lowest BCUT2D eigenvalue weighted by Crippen LogP contribution is -2.12. The molecule has 0 atom stereocenters. The molecule has 2 N–H and O–H groups in total. The number of amides is 1. The number of carbonyl (C=O) groups is 2. The van der Waals surface area contributed by atoms with Gasteiger partial charge in [0.25, 0.3) is 5.91 Å². The highest BCUT2D eigenvalue weighted by Crippen LogP contribution is 2.16. The van der Waals surface area contributed by atoms with Gasteiger partial charge in [0.05, 0.1) is 4.88 Å². The van der Waals surface area contributed by atoms with E-state index in [1.807, 2.05) is 13.0 Å². The summed E-state index contributed by atoms with van der Waals surface area (Å²) in [5.74, 6) is -1.19. The molecular weight excluding hydrogens is 252 g/mol. The zero-order chi connectivity index (χ0) is 13.1. The van der Waals surface area contributed by atoms with Crippen LogP contribution in [-0.2, 0) is 0 Å². The summed E-state index contributed by atoms with van der Waals surface area (Å²) < 4.78 is 0. The fourth-order valence-corrected chi connectivity index (χ4v) is 2.12. The molecule has 0 saturated heterocycles. The normalized spacial score (nSPS) is 10.1. The molecule has 0 aliphatic carbocycles. The molecule has 0 saturated carbocycles. The van der Waals surface area contributed by atoms with Crippen molar-refractivity contribution in [2.45, 2.75) is 6.92 Å². The fourth-order valence-electron chi connectivity index (χ4n) is 1.36. The molecule has 6 heteroatoms. The van der Waals surface area contributed by atoms with Crippen LogP contribution in [0.4, 0.5) is 5.82 Å². The van der Waals surface area contributed by atoms with Gasteiger partial charge in [-0.05, 0) is 31.2 Å². The predicted molar refractivity (Wildman–Crippen MR) is 68.2 cm³/mol. The average Bonchev–Trinajstić information content (AvgIpc) is 2.76. The summed E-state index contributed by atoms with van der Waals surface area (Å²) in [5, 5.41) is 11.4. The SMILES string of the molecule is Cc1ccc(C(=O)Nc2cccc(C(=O)O)n2)s1. The van der Waals surface area contributed by atoms with Gasteiger partial charge in [0, 0.05) is 4.88 Å². The van der Waals surface area contributed by atoms with Gasteiger partial charge in [0.15, 0.2) is 5.69 Å². The van der Waals surface area contributed by atoms with Gasteiger partial charge >= 0.3 is 5.97 Å². The lowest BCUT2D eigenvalue weighted by atomic mass is 10.3. The Labute approximate surface area is 107 Å². The Hall–Kier alpha value is -2.21. The van der Waals surface area contributed by atoms with Gasteiger partial charge in [-0.2, -0.15) is 0 Å². The molecule has 0 fully saturated rings. The second kappa shape index (κ2) is 4.97. The van der Waals surface area contributed by atoms with Crippen LogP contribution < -0.4 is 5.32 Å². The average molecular weight is 262 g/mol. The van der Waals surface area contributed by atoms with E-state index in [0.29, 0.717) is 4.88 Å². The summed E-state index contributed by atoms with van der Waals surface area (Å²) in [6.07, 6.45) is 0. The van der Waals surface area contributed by atoms with E-state index in [9.17, 15) is 9.59 Å². The maximum atomic E-state index is 11.8. The third-order valence-corrected chi connectivity index (χ3v) is 3.17. The van der Waals surface area contributed by atoms with E-state index in [-0.39, 0.29) is 17.4 Å². The van der Waals surface area contributed by atoms with Crippen molar-refractivity contribution < 1.29 is 14.7 Å². The zero-order valence-corrected chi connectivity index (χ0v) is 10.3. The van der Waals surface area contributed by atoms with Crippen molar-refractivity contribution in [2.75, 3.05) is 5.32 Å². The Bertz CT molecular complexity index is 607. The first-order valence-corrected chi connectivity index (χ1v) is 5.96. The largest absolute Gasteiger partial charge is 0.477 e. The molecule has 18 heavy (non-hydrogen) atoms. The summed E-state index contributed by atoms with van der Waals surface area (Å²) >= 11 is 1.37. The number of carboxylic acids is 1. The smallest absolute Gasteiger partial charge is 0.354 e. The molecule has 0 aromatic carbocycles. The van der Waals surface area contributed by atoms with Crippen LogP contribution in [0, 0.1) is 6.92 Å². The molecule has 0 unspecified atom stereocenters. The van der Waals surface area contributed by atoms with E-state index >= 15 is 0 Å². The number of carboxylic acid groups (broad SMARTS) is 1. The van der Waals surface area contributed by atoms with Crippen LogP contribution in [0.2, 0.25) is 0 Å². The third kappa shape index (κ3) is 2.72. The summed E-state index contributed by atoms with van der Waals surface area (Å²) in [6.45, 7) is 1.91. The zero-order valence-electron chi connectivity index (χ0n) is 9.51. The lowest BCUT2D eigenvalue weighted by Gasteiger charge is -2.03. The molecule has 2 aromatic heterocycles. The molecule has 0 aliphatic heterocycles. The Morgan fingerprint density at radius 2 is 2.06 bits per heavy atom. The van der Waals surface area contributed by atoms with E-state index in [2.05, 4.69) is 10.3 Å². The van der Waals surface area contributed by atoms with Crippen LogP contribution in [-0.4, -0.2) is 22.0 Å². The van der Waals surface area contributed by atoms with Crippen molar-refractivity contribution in [3.63, 3.8) is 0 Å². The van der Waals surface area contributed by atoms with E-state index in [4.69, 9.17) is 5.11 Å². The van der Waals surface area contributed by atoms with Gasteiger partial charge in [-0.3, -0.25) is 4.79 Å². The Morgan fingerprint density at radius 3 is 2.67 bits per heavy atom. The predicted octanol–water partition coefficient (Wildman–Crippen LogP) is 2.40. The number of aryl methyl sites for hydroxylation is 1. The highest BCUT2D eigenvalue weighted by Gasteiger charge is 2.10. The quantitative estimate of drug-likeness (QED) is 0.890. The number of nitrogens with zero attached hydrogens (tertiary/aromatic N) is 1. The third-order valence-electron chi connectivity index (χ3n) is 2.17. The van der Waals surface area contributed by atoms with Crippen molar-refractivity contribution in [1.82, 2.24) is 4.98 Å². The van der Waals surface area contributed by atoms with Crippen molar-refractivity contribution in [1.29, 1.82) is 0 Å². The van der Waals surface area contributed by atoms with E-state index in [0.717, 1.165) is 4.88 Å². The standard InChI is InChI=1S/C12H10N2O3S/c1-7-5-6-9(18-7)11(15)14-10-4-2-3-8(13-10)12(16)17/h2-6H,1H3,(H,16,17)(H,13,14,15). The van der Waals surface area contributed by atoms with Crippen LogP contribution in [0.25, 0.3) is 0 Å². The topological polar surface area (TPSA) is 79.3 Å². The fraction of sp³-hybridized carbons (Fsp3) is 0.0833. The molecule has 0 bridgehead atoms. The Balaban J connectivity index is 2.16.